The van der Waals surface area contributed by atoms with Gasteiger partial charge >= 0.3 is 12.0 Å². The quantitative estimate of drug-likeness (QED) is 0.694. The predicted octanol–water partition coefficient (Wildman–Crippen LogP) is 2.67. The van der Waals surface area contributed by atoms with E-state index in [0.717, 1.165) is 23.4 Å². The second-order valence-corrected chi connectivity index (χ2v) is 6.74. The third-order valence-corrected chi connectivity index (χ3v) is 4.26. The van der Waals surface area contributed by atoms with Crippen molar-refractivity contribution < 1.29 is 19.4 Å². The number of nitrogens with one attached hydrogen (secondary N) is 1. The first-order valence-electron chi connectivity index (χ1n) is 9.01. The van der Waals surface area contributed by atoms with E-state index in [4.69, 9.17) is 9.84 Å². The summed E-state index contributed by atoms with van der Waals surface area (Å²) >= 11 is 0. The maximum absolute atomic E-state index is 12.7. The van der Waals surface area contributed by atoms with E-state index in [9.17, 15) is 9.59 Å². The minimum absolute atomic E-state index is 0.174. The lowest BCUT2D eigenvalue weighted by Crippen LogP contribution is -2.42. The zero-order valence-corrected chi connectivity index (χ0v) is 16.5. The molecule has 2 N–H and O–H groups in total. The number of benzene rings is 2. The van der Waals surface area contributed by atoms with Crippen LogP contribution >= 0.6 is 0 Å². The van der Waals surface area contributed by atoms with E-state index in [0.29, 0.717) is 19.6 Å². The Morgan fingerprint density at radius 3 is 2.36 bits per heavy atom. The highest BCUT2D eigenvalue weighted by Gasteiger charge is 2.14. The fraction of sp³-hybridized carbons (Fsp3) is 0.333. The number of amides is 2. The molecule has 0 heterocycles. The van der Waals surface area contributed by atoms with E-state index in [-0.39, 0.29) is 11.6 Å². The van der Waals surface area contributed by atoms with E-state index in [2.05, 4.69) is 5.32 Å². The first-order valence-corrected chi connectivity index (χ1v) is 9.01. The van der Waals surface area contributed by atoms with Crippen molar-refractivity contribution in [1.29, 1.82) is 0 Å². The van der Waals surface area contributed by atoms with Crippen molar-refractivity contribution in [2.45, 2.75) is 13.1 Å². The van der Waals surface area contributed by atoms with Crippen LogP contribution in [0.3, 0.4) is 0 Å². The number of carbonyl (C=O) groups is 2. The summed E-state index contributed by atoms with van der Waals surface area (Å²) in [6.45, 7) is 2.11. The van der Waals surface area contributed by atoms with Gasteiger partial charge in [-0.15, -0.1) is 0 Å². The Labute approximate surface area is 165 Å². The van der Waals surface area contributed by atoms with E-state index in [1.54, 1.807) is 24.1 Å². The number of methoxy groups -OCH3 is 1. The van der Waals surface area contributed by atoms with Crippen molar-refractivity contribution in [1.82, 2.24) is 15.1 Å². The minimum Gasteiger partial charge on any atom is -0.497 e. The van der Waals surface area contributed by atoms with Gasteiger partial charge in [-0.1, -0.05) is 24.3 Å². The van der Waals surface area contributed by atoms with Gasteiger partial charge in [0.25, 0.3) is 0 Å². The second kappa shape index (κ2) is 10.3. The second-order valence-electron chi connectivity index (χ2n) is 6.74. The molecule has 0 saturated heterocycles. The van der Waals surface area contributed by atoms with Crippen LogP contribution in [0.2, 0.25) is 0 Å². The number of rotatable bonds is 9. The lowest BCUT2D eigenvalue weighted by atomic mass is 10.1. The minimum atomic E-state index is -0.969. The number of carboxylic acids is 1. The number of hydrogen-bond acceptors (Lipinski definition) is 4. The number of urea groups is 1. The summed E-state index contributed by atoms with van der Waals surface area (Å²) < 4.78 is 5.26. The van der Waals surface area contributed by atoms with E-state index in [1.165, 1.54) is 12.1 Å². The lowest BCUT2D eigenvalue weighted by Gasteiger charge is -2.25. The van der Waals surface area contributed by atoms with Gasteiger partial charge in [-0.05, 0) is 49.5 Å². The molecule has 2 amide bonds. The van der Waals surface area contributed by atoms with Crippen molar-refractivity contribution in [2.24, 2.45) is 0 Å². The molecular weight excluding hydrogens is 358 g/mol. The molecule has 150 valence electrons. The molecule has 28 heavy (non-hydrogen) atoms. The molecule has 0 aromatic heterocycles. The zero-order valence-electron chi connectivity index (χ0n) is 16.5. The van der Waals surface area contributed by atoms with Gasteiger partial charge in [0.05, 0.1) is 12.7 Å². The molecule has 2 aromatic carbocycles. The van der Waals surface area contributed by atoms with Gasteiger partial charge in [0.2, 0.25) is 0 Å². The monoisotopic (exact) mass is 385 g/mol. The Hall–Kier alpha value is -3.06. The fourth-order valence-electron chi connectivity index (χ4n) is 2.62. The molecule has 2 aromatic rings. The number of hydrogen-bond donors (Lipinski definition) is 2. The van der Waals surface area contributed by atoms with Gasteiger partial charge in [0.1, 0.15) is 5.75 Å². The highest BCUT2D eigenvalue weighted by Crippen LogP contribution is 2.14. The van der Waals surface area contributed by atoms with Crippen LogP contribution in [0.1, 0.15) is 21.5 Å². The highest BCUT2D eigenvalue weighted by atomic mass is 16.5. The van der Waals surface area contributed by atoms with Gasteiger partial charge in [-0.2, -0.15) is 0 Å². The molecule has 0 radical (unpaired) electrons. The number of carboxylic acid groups (broad SMARTS) is 1. The van der Waals surface area contributed by atoms with Crippen LogP contribution in [0, 0.1) is 0 Å². The predicted molar refractivity (Wildman–Crippen MR) is 108 cm³/mol. The topological polar surface area (TPSA) is 82.1 Å². The Kier molecular flexibility index (Phi) is 7.83. The highest BCUT2D eigenvalue weighted by molar-refractivity contribution is 5.87. The molecule has 2 rings (SSSR count). The molecule has 0 fully saturated rings. The zero-order chi connectivity index (χ0) is 20.5. The summed E-state index contributed by atoms with van der Waals surface area (Å²) in [6, 6.07) is 13.9. The molecule has 0 atom stereocenters. The Balaban J connectivity index is 2.02. The Bertz CT molecular complexity index is 790. The number of carbonyl (C=O) groups excluding carboxylic acids is 1. The number of nitrogens with zero attached hydrogens (tertiary/aromatic N) is 2. The molecule has 7 nitrogen and oxygen atoms in total. The molecule has 0 aliphatic carbocycles. The van der Waals surface area contributed by atoms with Crippen molar-refractivity contribution in [3.8, 4) is 5.75 Å². The molecular formula is C21H27N3O4. The van der Waals surface area contributed by atoms with Crippen molar-refractivity contribution in [2.75, 3.05) is 34.3 Å². The summed E-state index contributed by atoms with van der Waals surface area (Å²) in [4.78, 5) is 27.4. The maximum Gasteiger partial charge on any atom is 0.335 e. The summed E-state index contributed by atoms with van der Waals surface area (Å²) in [5.41, 5.74) is 2.05. The average molecular weight is 385 g/mol. The van der Waals surface area contributed by atoms with Crippen LogP contribution in [-0.4, -0.2) is 61.2 Å². The largest absolute Gasteiger partial charge is 0.497 e. The third-order valence-electron chi connectivity index (χ3n) is 4.26. The first-order chi connectivity index (χ1) is 13.4. The van der Waals surface area contributed by atoms with Crippen LogP contribution in [0.25, 0.3) is 0 Å². The molecule has 0 bridgehead atoms. The van der Waals surface area contributed by atoms with E-state index in [1.807, 2.05) is 43.3 Å². The van der Waals surface area contributed by atoms with Crippen LogP contribution in [0.4, 0.5) is 4.79 Å². The third kappa shape index (κ3) is 6.59. The number of likely N-dealkylation sites (N-methyl/N-ethyl adjacent to an activating group) is 1. The maximum atomic E-state index is 12.7. The first kappa shape index (κ1) is 21.2. The molecule has 0 aliphatic rings. The Morgan fingerprint density at radius 2 is 1.75 bits per heavy atom. The van der Waals surface area contributed by atoms with Gasteiger partial charge in [0.15, 0.2) is 0 Å². The molecule has 0 unspecified atom stereocenters. The summed E-state index contributed by atoms with van der Waals surface area (Å²) in [5.74, 6) is -0.215. The molecule has 7 heteroatoms. The van der Waals surface area contributed by atoms with Crippen molar-refractivity contribution in [3.05, 3.63) is 65.2 Å². The van der Waals surface area contributed by atoms with Crippen LogP contribution < -0.4 is 10.1 Å². The SMILES string of the molecule is COc1cccc(CN(CCN(C)C)C(=O)NCc2ccc(C(=O)O)cc2)c1. The summed E-state index contributed by atoms with van der Waals surface area (Å²) in [6.07, 6.45) is 0. The molecule has 0 aliphatic heterocycles. The molecule has 0 spiro atoms. The smallest absolute Gasteiger partial charge is 0.335 e. The van der Waals surface area contributed by atoms with Gasteiger partial charge < -0.3 is 25.0 Å². The lowest BCUT2D eigenvalue weighted by molar-refractivity contribution is 0.0697. The standard InChI is InChI=1S/C21H27N3O4/c1-23(2)11-12-24(15-17-5-4-6-19(13-17)28-3)21(27)22-14-16-7-9-18(10-8-16)20(25)26/h4-10,13H,11-12,14-15H2,1-3H3,(H,22,27)(H,25,26). The van der Waals surface area contributed by atoms with Gasteiger partial charge in [-0.25, -0.2) is 9.59 Å². The molecule has 0 saturated carbocycles. The van der Waals surface area contributed by atoms with E-state index >= 15 is 0 Å². The summed E-state index contributed by atoms with van der Waals surface area (Å²) in [7, 11) is 5.54. The summed E-state index contributed by atoms with van der Waals surface area (Å²) in [5, 5.41) is 11.9. The van der Waals surface area contributed by atoms with Crippen molar-refractivity contribution in [3.63, 3.8) is 0 Å². The number of aromatic carboxylic acids is 1. The fourth-order valence-corrected chi connectivity index (χ4v) is 2.62. The Morgan fingerprint density at radius 1 is 1.04 bits per heavy atom. The van der Waals surface area contributed by atoms with Crippen LogP contribution in [-0.2, 0) is 13.1 Å². The van der Waals surface area contributed by atoms with E-state index < -0.39 is 5.97 Å². The van der Waals surface area contributed by atoms with Gasteiger partial charge in [0, 0.05) is 26.2 Å². The van der Waals surface area contributed by atoms with Crippen LogP contribution in [0.5, 0.6) is 5.75 Å². The van der Waals surface area contributed by atoms with Crippen molar-refractivity contribution >= 4 is 12.0 Å². The average Bonchev–Trinajstić information content (AvgIpc) is 2.69. The van der Waals surface area contributed by atoms with Crippen LogP contribution in [0.15, 0.2) is 48.5 Å². The normalized spacial score (nSPS) is 10.6. The van der Waals surface area contributed by atoms with Gasteiger partial charge in [-0.3, -0.25) is 0 Å². The number of ether oxygens (including phenoxy) is 1.